The number of likely N-dealkylation sites (tertiary alicyclic amines) is 1. The summed E-state index contributed by atoms with van der Waals surface area (Å²) in [7, 11) is -3.70. The number of rotatable bonds is 17. The first-order chi connectivity index (χ1) is 25.4. The van der Waals surface area contributed by atoms with Gasteiger partial charge < -0.3 is 26.2 Å². The van der Waals surface area contributed by atoms with Crippen LogP contribution in [0.15, 0.2) is 0 Å². The van der Waals surface area contributed by atoms with Crippen LogP contribution in [-0.2, 0) is 29.2 Å². The van der Waals surface area contributed by atoms with Gasteiger partial charge in [-0.25, -0.2) is 13.2 Å². The number of urea groups is 1. The molecule has 13 nitrogen and oxygen atoms in total. The van der Waals surface area contributed by atoms with E-state index in [4.69, 9.17) is 0 Å². The fourth-order valence-corrected chi connectivity index (χ4v) is 12.3. The van der Waals surface area contributed by atoms with E-state index in [1.54, 1.807) is 4.90 Å². The summed E-state index contributed by atoms with van der Waals surface area (Å²) in [6, 6.07) is -3.58. The van der Waals surface area contributed by atoms with Crippen LogP contribution >= 0.6 is 0 Å². The number of nitrogens with one attached hydrogen (secondary N) is 4. The van der Waals surface area contributed by atoms with Crippen LogP contribution in [0, 0.1) is 22.7 Å². The summed E-state index contributed by atoms with van der Waals surface area (Å²) in [6.45, 7) is 14.4. The second-order valence-electron chi connectivity index (χ2n) is 18.3. The van der Waals surface area contributed by atoms with Crippen molar-refractivity contribution in [1.82, 2.24) is 30.5 Å². The van der Waals surface area contributed by atoms with E-state index in [0.717, 1.165) is 70.6 Å². The van der Waals surface area contributed by atoms with E-state index in [1.165, 1.54) is 4.31 Å². The van der Waals surface area contributed by atoms with Crippen molar-refractivity contribution in [3.63, 3.8) is 0 Å². The van der Waals surface area contributed by atoms with Gasteiger partial charge in [0.05, 0.1) is 17.3 Å². The Labute approximate surface area is 323 Å². The predicted octanol–water partition coefficient (Wildman–Crippen LogP) is 4.39. The third-order valence-electron chi connectivity index (χ3n) is 13.5. The van der Waals surface area contributed by atoms with Crippen LogP contribution in [0.3, 0.4) is 0 Å². The first kappa shape index (κ1) is 42.4. The maximum absolute atomic E-state index is 15.0. The van der Waals surface area contributed by atoms with Gasteiger partial charge in [-0.3, -0.25) is 19.2 Å². The topological polar surface area (TPSA) is 174 Å². The van der Waals surface area contributed by atoms with Crippen molar-refractivity contribution in [3.05, 3.63) is 0 Å². The van der Waals surface area contributed by atoms with E-state index in [0.29, 0.717) is 38.8 Å². The fourth-order valence-electron chi connectivity index (χ4n) is 9.99. The summed E-state index contributed by atoms with van der Waals surface area (Å²) in [4.78, 5) is 71.3. The Balaban J connectivity index is 1.39. The normalized spacial score (nSPS) is 26.7. The van der Waals surface area contributed by atoms with Crippen molar-refractivity contribution >= 4 is 39.6 Å². The first-order valence-corrected chi connectivity index (χ1v) is 22.5. The Bertz CT molecular complexity index is 1520. The molecule has 4 aliphatic carbocycles. The molecule has 1 saturated heterocycles. The second-order valence-corrected chi connectivity index (χ2v) is 20.3. The Morgan fingerprint density at radius 3 is 2.04 bits per heavy atom. The molecule has 5 amide bonds. The number of piperidine rings is 1. The zero-order valence-electron chi connectivity index (χ0n) is 33.9. The molecule has 5 unspecified atom stereocenters. The number of ketones is 1. The standard InChI is InChI=1S/C40H68N6O7S/c1-8-10-17-29(32(47)35(49)41-27-18-19-27)42-34(48)31-30-28(38(30,5)6)24-45(31)36(50)33(39(7)20-13-11-14-21-39)43-37(51)44-40(22-15-12-16-23-40)25-54(52,53)46(9-2)26(3)4/h26-31,33H,8-25H2,1-7H3,(H,41,49)(H,42,48)(H2,43,44,51). The monoisotopic (exact) mass is 776 g/mol. The molecule has 306 valence electrons. The van der Waals surface area contributed by atoms with Crippen molar-refractivity contribution in [3.8, 4) is 0 Å². The maximum Gasteiger partial charge on any atom is 0.315 e. The van der Waals surface area contributed by atoms with Crippen LogP contribution in [0.5, 0.6) is 0 Å². The Kier molecular flexibility index (Phi) is 13.2. The van der Waals surface area contributed by atoms with Crippen molar-refractivity contribution in [1.29, 1.82) is 0 Å². The minimum absolute atomic E-state index is 0.00574. The number of hydrogen-bond acceptors (Lipinski definition) is 7. The highest BCUT2D eigenvalue weighted by Crippen LogP contribution is 2.65. The summed E-state index contributed by atoms with van der Waals surface area (Å²) in [5.74, 6) is -2.38. The average Bonchev–Trinajstić information content (AvgIpc) is 3.96. The highest BCUT2D eigenvalue weighted by Gasteiger charge is 2.70. The third-order valence-corrected chi connectivity index (χ3v) is 15.8. The van der Waals surface area contributed by atoms with Crippen LogP contribution in [0.2, 0.25) is 0 Å². The van der Waals surface area contributed by atoms with Crippen LogP contribution in [0.1, 0.15) is 145 Å². The van der Waals surface area contributed by atoms with Crippen LogP contribution < -0.4 is 21.3 Å². The number of carbonyl (C=O) groups excluding carboxylic acids is 5. The zero-order valence-corrected chi connectivity index (χ0v) is 34.7. The van der Waals surface area contributed by atoms with Gasteiger partial charge in [-0.15, -0.1) is 0 Å². The van der Waals surface area contributed by atoms with E-state index in [9.17, 15) is 32.4 Å². The number of hydrogen-bond donors (Lipinski definition) is 4. The quantitative estimate of drug-likeness (QED) is 0.159. The number of Topliss-reactive ketones (excluding diaryl/α,β-unsaturated/α-hetero) is 1. The van der Waals surface area contributed by atoms with Gasteiger partial charge in [0.15, 0.2) is 0 Å². The molecule has 14 heteroatoms. The molecule has 5 fully saturated rings. The summed E-state index contributed by atoms with van der Waals surface area (Å²) in [5, 5.41) is 11.9. The molecule has 54 heavy (non-hydrogen) atoms. The summed E-state index contributed by atoms with van der Waals surface area (Å²) in [5.41, 5.74) is -1.75. The highest BCUT2D eigenvalue weighted by atomic mass is 32.2. The average molecular weight is 777 g/mol. The Hall–Kier alpha value is -2.74. The maximum atomic E-state index is 15.0. The molecule has 5 atom stereocenters. The molecule has 0 aromatic rings. The molecule has 0 spiro atoms. The Morgan fingerprint density at radius 2 is 1.48 bits per heavy atom. The molecule has 0 aromatic carbocycles. The van der Waals surface area contributed by atoms with Crippen LogP contribution in [-0.4, -0.2) is 102 Å². The number of amides is 5. The zero-order chi connectivity index (χ0) is 39.6. The molecule has 1 aliphatic heterocycles. The number of unbranched alkanes of at least 4 members (excludes halogenated alkanes) is 1. The van der Waals surface area contributed by atoms with Gasteiger partial charge >= 0.3 is 6.03 Å². The Morgan fingerprint density at radius 1 is 0.870 bits per heavy atom. The van der Waals surface area contributed by atoms with Gasteiger partial charge in [-0.05, 0) is 81.5 Å². The van der Waals surface area contributed by atoms with Crippen molar-refractivity contribution in [2.75, 3.05) is 18.8 Å². The van der Waals surface area contributed by atoms with Gasteiger partial charge in [-0.2, -0.15) is 4.31 Å². The van der Waals surface area contributed by atoms with Gasteiger partial charge in [0.2, 0.25) is 27.6 Å². The lowest BCUT2D eigenvalue weighted by Crippen LogP contribution is -2.65. The van der Waals surface area contributed by atoms with E-state index in [2.05, 4.69) is 35.1 Å². The predicted molar refractivity (Wildman–Crippen MR) is 208 cm³/mol. The third kappa shape index (κ3) is 9.27. The molecule has 0 aromatic heterocycles. The fraction of sp³-hybridized carbons (Fsp3) is 0.875. The molecule has 1 heterocycles. The molecular formula is C40H68N6O7S. The molecule has 0 radical (unpaired) electrons. The number of nitrogens with zero attached hydrogens (tertiary/aromatic N) is 2. The molecule has 0 bridgehead atoms. The van der Waals surface area contributed by atoms with Crippen molar-refractivity contribution in [2.45, 2.75) is 181 Å². The molecule has 5 rings (SSSR count). The van der Waals surface area contributed by atoms with E-state index in [-0.39, 0.29) is 41.0 Å². The lowest BCUT2D eigenvalue weighted by Gasteiger charge is -2.44. The lowest BCUT2D eigenvalue weighted by molar-refractivity contribution is -0.146. The first-order valence-electron chi connectivity index (χ1n) is 20.9. The lowest BCUT2D eigenvalue weighted by atomic mass is 9.70. The van der Waals surface area contributed by atoms with Crippen molar-refractivity contribution < 1.29 is 32.4 Å². The highest BCUT2D eigenvalue weighted by molar-refractivity contribution is 7.89. The molecule has 4 N–H and O–H groups in total. The smallest absolute Gasteiger partial charge is 0.315 e. The van der Waals surface area contributed by atoms with Gasteiger partial charge in [0.25, 0.3) is 5.91 Å². The molecular weight excluding hydrogens is 709 g/mol. The molecule has 5 aliphatic rings. The van der Waals surface area contributed by atoms with E-state index >= 15 is 0 Å². The van der Waals surface area contributed by atoms with Gasteiger partial charge in [0.1, 0.15) is 12.1 Å². The second kappa shape index (κ2) is 16.8. The summed E-state index contributed by atoms with van der Waals surface area (Å²) in [6.07, 6.45) is 11.3. The number of fused-ring (bicyclic) bond motifs is 1. The summed E-state index contributed by atoms with van der Waals surface area (Å²) < 4.78 is 28.9. The number of carbonyl (C=O) groups is 5. The largest absolute Gasteiger partial charge is 0.347 e. The number of sulfonamides is 1. The minimum Gasteiger partial charge on any atom is -0.347 e. The van der Waals surface area contributed by atoms with Gasteiger partial charge in [0, 0.05) is 25.2 Å². The SMILES string of the molecule is CCCCC(NC(=O)C1C2C(CN1C(=O)C(NC(=O)NC1(CS(=O)(=O)N(CC)C(C)C)CCCCC1)C1(C)CCCCC1)C2(C)C)C(=O)C(=O)NC1CC1. The van der Waals surface area contributed by atoms with Crippen molar-refractivity contribution in [2.24, 2.45) is 22.7 Å². The summed E-state index contributed by atoms with van der Waals surface area (Å²) >= 11 is 0. The molecule has 4 saturated carbocycles. The van der Waals surface area contributed by atoms with E-state index < -0.39 is 62.7 Å². The van der Waals surface area contributed by atoms with Gasteiger partial charge in [-0.1, -0.05) is 86.0 Å². The van der Waals surface area contributed by atoms with Crippen LogP contribution in [0.25, 0.3) is 0 Å². The van der Waals surface area contributed by atoms with Crippen LogP contribution in [0.4, 0.5) is 4.79 Å². The minimum atomic E-state index is -3.70. The van der Waals surface area contributed by atoms with E-state index in [1.807, 2.05) is 34.6 Å².